The standard InChI is InChI=1S/C23H20N2O4S/c1-14-19(23(27)29-13-15-6-4-3-5-7-15)20(18(12-24)21(30)25-14)16-8-10-17(11-9-16)22(26)28-2/h3-11,20,24H,13H2,1-2H3,(H,25,30). The molecule has 0 saturated carbocycles. The van der Waals surface area contributed by atoms with E-state index in [1.165, 1.54) is 7.11 Å². The second kappa shape index (κ2) is 9.31. The minimum atomic E-state index is -0.633. The Balaban J connectivity index is 1.96. The Labute approximate surface area is 179 Å². The Morgan fingerprint density at radius 1 is 1.10 bits per heavy atom. The summed E-state index contributed by atoms with van der Waals surface area (Å²) in [5.74, 6) is 0.755. The van der Waals surface area contributed by atoms with Gasteiger partial charge in [-0.1, -0.05) is 54.7 Å². The van der Waals surface area contributed by atoms with Crippen LogP contribution in [-0.2, 0) is 20.9 Å². The maximum absolute atomic E-state index is 13.0. The molecule has 1 aliphatic rings. The van der Waals surface area contributed by atoms with Crippen LogP contribution >= 0.6 is 12.2 Å². The van der Waals surface area contributed by atoms with E-state index in [0.29, 0.717) is 33.0 Å². The highest BCUT2D eigenvalue weighted by molar-refractivity contribution is 7.80. The minimum absolute atomic E-state index is 0.124. The maximum atomic E-state index is 13.0. The summed E-state index contributed by atoms with van der Waals surface area (Å²) in [4.78, 5) is 25.1. The van der Waals surface area contributed by atoms with Gasteiger partial charge in [0.1, 0.15) is 11.6 Å². The van der Waals surface area contributed by atoms with E-state index in [1.807, 2.05) is 30.3 Å². The summed E-state index contributed by atoms with van der Waals surface area (Å²) in [5, 5.41) is 10.7. The number of methoxy groups -OCH3 is 1. The van der Waals surface area contributed by atoms with E-state index >= 15 is 0 Å². The van der Waals surface area contributed by atoms with Crippen molar-refractivity contribution in [2.75, 3.05) is 7.11 Å². The van der Waals surface area contributed by atoms with Crippen molar-refractivity contribution in [1.29, 1.82) is 5.41 Å². The molecule has 7 heteroatoms. The van der Waals surface area contributed by atoms with Crippen molar-refractivity contribution >= 4 is 35.0 Å². The largest absolute Gasteiger partial charge is 0.465 e. The van der Waals surface area contributed by atoms with Gasteiger partial charge in [0.05, 0.1) is 29.7 Å². The molecule has 0 radical (unpaired) electrons. The molecule has 1 aliphatic heterocycles. The Morgan fingerprint density at radius 2 is 1.77 bits per heavy atom. The van der Waals surface area contributed by atoms with Crippen molar-refractivity contribution in [3.63, 3.8) is 0 Å². The molecule has 0 aromatic heterocycles. The van der Waals surface area contributed by atoms with Crippen molar-refractivity contribution < 1.29 is 19.1 Å². The molecule has 6 nitrogen and oxygen atoms in total. The number of carbonyl (C=O) groups is 2. The number of rotatable bonds is 5. The molecule has 3 rings (SSSR count). The predicted molar refractivity (Wildman–Crippen MR) is 116 cm³/mol. The van der Waals surface area contributed by atoms with E-state index in [4.69, 9.17) is 27.1 Å². The fourth-order valence-electron chi connectivity index (χ4n) is 3.26. The number of hydrogen-bond acceptors (Lipinski definition) is 6. The summed E-state index contributed by atoms with van der Waals surface area (Å²) in [6, 6.07) is 16.0. The van der Waals surface area contributed by atoms with Gasteiger partial charge >= 0.3 is 11.9 Å². The fraction of sp³-hybridized carbons (Fsp3) is 0.174. The van der Waals surface area contributed by atoms with Gasteiger partial charge in [-0.15, -0.1) is 0 Å². The fourth-order valence-corrected chi connectivity index (χ4v) is 3.58. The van der Waals surface area contributed by atoms with Crippen LogP contribution in [0.4, 0.5) is 0 Å². The van der Waals surface area contributed by atoms with Crippen LogP contribution in [0, 0.1) is 5.41 Å². The van der Waals surface area contributed by atoms with Gasteiger partial charge in [-0.3, -0.25) is 5.41 Å². The lowest BCUT2D eigenvalue weighted by Gasteiger charge is -2.29. The Hall–Kier alpha value is -3.54. The van der Waals surface area contributed by atoms with Gasteiger partial charge in [-0.05, 0) is 36.1 Å². The molecule has 0 bridgehead atoms. The summed E-state index contributed by atoms with van der Waals surface area (Å²) in [5.41, 5.74) is 3.19. The molecule has 0 amide bonds. The average Bonchev–Trinajstić information content (AvgIpc) is 2.77. The highest BCUT2D eigenvalue weighted by Gasteiger charge is 2.35. The lowest BCUT2D eigenvalue weighted by atomic mass is 9.81. The van der Waals surface area contributed by atoms with Gasteiger partial charge in [0.25, 0.3) is 0 Å². The van der Waals surface area contributed by atoms with Crippen LogP contribution in [0.1, 0.15) is 34.3 Å². The summed E-state index contributed by atoms with van der Waals surface area (Å²) in [7, 11) is 1.31. The van der Waals surface area contributed by atoms with Crippen LogP contribution in [0.3, 0.4) is 0 Å². The predicted octanol–water partition coefficient (Wildman–Crippen LogP) is 3.68. The van der Waals surface area contributed by atoms with Crippen molar-refractivity contribution in [1.82, 2.24) is 5.32 Å². The van der Waals surface area contributed by atoms with Crippen LogP contribution in [0.15, 0.2) is 71.4 Å². The summed E-state index contributed by atoms with van der Waals surface area (Å²) in [6.07, 6.45) is 0. The Kier molecular flexibility index (Phi) is 6.57. The maximum Gasteiger partial charge on any atom is 0.337 e. The zero-order valence-electron chi connectivity index (χ0n) is 16.5. The van der Waals surface area contributed by atoms with Crippen LogP contribution in [0.2, 0.25) is 0 Å². The van der Waals surface area contributed by atoms with Crippen molar-refractivity contribution in [3.8, 4) is 0 Å². The molecule has 1 unspecified atom stereocenters. The van der Waals surface area contributed by atoms with Crippen molar-refractivity contribution in [3.05, 3.63) is 88.1 Å². The second-order valence-electron chi connectivity index (χ2n) is 6.64. The van der Waals surface area contributed by atoms with Crippen LogP contribution in [-0.4, -0.2) is 29.9 Å². The van der Waals surface area contributed by atoms with Crippen molar-refractivity contribution in [2.24, 2.45) is 0 Å². The lowest BCUT2D eigenvalue weighted by Crippen LogP contribution is -2.35. The zero-order chi connectivity index (χ0) is 21.7. The third-order valence-corrected chi connectivity index (χ3v) is 5.08. The number of benzene rings is 2. The van der Waals surface area contributed by atoms with Crippen LogP contribution < -0.4 is 5.32 Å². The summed E-state index contributed by atoms with van der Waals surface area (Å²) >= 11 is 5.36. The van der Waals surface area contributed by atoms with E-state index in [-0.39, 0.29) is 6.61 Å². The van der Waals surface area contributed by atoms with Crippen LogP contribution in [0.25, 0.3) is 0 Å². The average molecular weight is 420 g/mol. The van der Waals surface area contributed by atoms with E-state index in [1.54, 1.807) is 31.2 Å². The molecule has 0 saturated heterocycles. The van der Waals surface area contributed by atoms with E-state index < -0.39 is 17.9 Å². The van der Waals surface area contributed by atoms with E-state index in [0.717, 1.165) is 5.56 Å². The molecule has 1 heterocycles. The number of thiocarbonyl (C=S) groups is 1. The number of hydrogen-bond donors (Lipinski definition) is 2. The SMILES string of the molecule is COC(=O)c1ccc(C2C(=C=N)C(=S)NC(C)=C2C(=O)OCc2ccccc2)cc1. The van der Waals surface area contributed by atoms with E-state index in [9.17, 15) is 9.59 Å². The second-order valence-corrected chi connectivity index (χ2v) is 7.05. The number of esters is 2. The third kappa shape index (κ3) is 4.38. The lowest BCUT2D eigenvalue weighted by molar-refractivity contribution is -0.140. The Morgan fingerprint density at radius 3 is 2.37 bits per heavy atom. The van der Waals surface area contributed by atoms with Gasteiger partial charge in [-0.25, -0.2) is 9.59 Å². The third-order valence-electron chi connectivity index (χ3n) is 4.76. The molecule has 0 aliphatic carbocycles. The molecule has 2 aromatic carbocycles. The summed E-state index contributed by atoms with van der Waals surface area (Å²) in [6.45, 7) is 1.86. The van der Waals surface area contributed by atoms with Gasteiger partial charge in [0.15, 0.2) is 0 Å². The molecule has 0 spiro atoms. The normalized spacial score (nSPS) is 15.9. The summed E-state index contributed by atoms with van der Waals surface area (Å²) < 4.78 is 10.3. The first kappa shape index (κ1) is 21.2. The molecule has 1 atom stereocenters. The zero-order valence-corrected chi connectivity index (χ0v) is 17.3. The first-order chi connectivity index (χ1) is 14.5. The topological polar surface area (TPSA) is 88.5 Å². The van der Waals surface area contributed by atoms with Gasteiger partial charge in [0, 0.05) is 5.70 Å². The Bertz CT molecular complexity index is 1070. The van der Waals surface area contributed by atoms with Gasteiger partial charge in [0.2, 0.25) is 0 Å². The molecule has 2 aromatic rings. The molecule has 0 fully saturated rings. The quantitative estimate of drug-likeness (QED) is 0.332. The first-order valence-electron chi connectivity index (χ1n) is 9.17. The molecule has 152 valence electrons. The van der Waals surface area contributed by atoms with Gasteiger partial charge in [-0.2, -0.15) is 0 Å². The van der Waals surface area contributed by atoms with Crippen LogP contribution in [0.5, 0.6) is 0 Å². The highest BCUT2D eigenvalue weighted by Crippen LogP contribution is 2.36. The number of ether oxygens (including phenoxy) is 2. The monoisotopic (exact) mass is 420 g/mol. The molecule has 30 heavy (non-hydrogen) atoms. The van der Waals surface area contributed by atoms with E-state index in [2.05, 4.69) is 11.2 Å². The first-order valence-corrected chi connectivity index (χ1v) is 9.58. The number of carbonyl (C=O) groups excluding carboxylic acids is 2. The van der Waals surface area contributed by atoms with Crippen molar-refractivity contribution in [2.45, 2.75) is 19.4 Å². The molecular weight excluding hydrogens is 400 g/mol. The smallest absolute Gasteiger partial charge is 0.337 e. The number of allylic oxidation sites excluding steroid dienone is 1. The molecule has 2 N–H and O–H groups in total. The molecular formula is C23H20N2O4S. The number of nitrogens with one attached hydrogen (secondary N) is 2. The highest BCUT2D eigenvalue weighted by atomic mass is 32.1. The minimum Gasteiger partial charge on any atom is -0.465 e. The van der Waals surface area contributed by atoms with Gasteiger partial charge < -0.3 is 14.8 Å².